The first-order valence-corrected chi connectivity index (χ1v) is 12.9. The molecule has 5 rings (SSSR count). The van der Waals surface area contributed by atoms with E-state index in [1.807, 2.05) is 4.90 Å². The van der Waals surface area contributed by atoms with Crippen LogP contribution < -0.4 is 10.6 Å². The van der Waals surface area contributed by atoms with Crippen molar-refractivity contribution in [2.24, 2.45) is 5.92 Å². The van der Waals surface area contributed by atoms with Gasteiger partial charge in [0, 0.05) is 31.2 Å². The predicted molar refractivity (Wildman–Crippen MR) is 131 cm³/mol. The molecule has 0 saturated carbocycles. The van der Waals surface area contributed by atoms with Crippen molar-refractivity contribution in [1.82, 2.24) is 20.0 Å². The van der Waals surface area contributed by atoms with Gasteiger partial charge in [0.15, 0.2) is 0 Å². The number of nitrogens with zero attached hydrogens (tertiary/aromatic N) is 3. The molecule has 2 N–H and O–H groups in total. The van der Waals surface area contributed by atoms with Crippen molar-refractivity contribution >= 4 is 35.2 Å². The quantitative estimate of drug-likeness (QED) is 0.590. The first-order valence-electron chi connectivity index (χ1n) is 12.9. The third-order valence-electron chi connectivity index (χ3n) is 8.05. The maximum absolute atomic E-state index is 13.2. The maximum atomic E-state index is 13.2. The number of rotatable bonds is 5. The van der Waals surface area contributed by atoms with Crippen molar-refractivity contribution in [2.45, 2.75) is 57.5 Å². The minimum atomic E-state index is -1.02. The summed E-state index contributed by atoms with van der Waals surface area (Å²) in [4.78, 5) is 68.3. The Morgan fingerprint density at radius 3 is 2.39 bits per heavy atom. The molecule has 1 aromatic carbocycles. The Bertz CT molecular complexity index is 1090. The highest BCUT2D eigenvalue weighted by Crippen LogP contribution is 2.32. The topological polar surface area (TPSA) is 119 Å². The molecular formula is C26H33N5O5. The van der Waals surface area contributed by atoms with Crippen molar-refractivity contribution < 1.29 is 24.0 Å². The average molecular weight is 496 g/mol. The van der Waals surface area contributed by atoms with E-state index in [-0.39, 0.29) is 36.4 Å². The van der Waals surface area contributed by atoms with Crippen molar-refractivity contribution in [3.05, 3.63) is 29.3 Å². The van der Waals surface area contributed by atoms with E-state index in [0.717, 1.165) is 36.7 Å². The van der Waals surface area contributed by atoms with Gasteiger partial charge in [0.05, 0.1) is 17.7 Å². The zero-order chi connectivity index (χ0) is 25.4. The van der Waals surface area contributed by atoms with E-state index in [9.17, 15) is 24.0 Å². The first-order chi connectivity index (χ1) is 17.3. The number of hydrogen-bond acceptors (Lipinski definition) is 7. The Hall–Kier alpha value is -3.27. The molecule has 192 valence electrons. The van der Waals surface area contributed by atoms with E-state index < -0.39 is 29.7 Å². The summed E-state index contributed by atoms with van der Waals surface area (Å²) in [7, 11) is 0. The monoisotopic (exact) mass is 495 g/mol. The number of carbonyl (C=O) groups is 5. The number of nitrogens with one attached hydrogen (secondary N) is 2. The van der Waals surface area contributed by atoms with Crippen LogP contribution in [-0.4, -0.2) is 89.0 Å². The number of carbonyl (C=O) groups excluding carboxylic acids is 5. The van der Waals surface area contributed by atoms with Crippen LogP contribution in [0.15, 0.2) is 18.2 Å². The van der Waals surface area contributed by atoms with Crippen LogP contribution in [0.1, 0.15) is 66.2 Å². The second-order valence-corrected chi connectivity index (χ2v) is 10.4. The highest BCUT2D eigenvalue weighted by molar-refractivity contribution is 6.25. The van der Waals surface area contributed by atoms with Crippen LogP contribution in [0.2, 0.25) is 0 Å². The molecule has 0 aliphatic carbocycles. The van der Waals surface area contributed by atoms with Crippen molar-refractivity contribution in [2.75, 3.05) is 38.0 Å². The highest BCUT2D eigenvalue weighted by Gasteiger charge is 2.45. The molecule has 4 aliphatic rings. The van der Waals surface area contributed by atoms with Gasteiger partial charge in [-0.25, -0.2) is 0 Å². The third-order valence-corrected chi connectivity index (χ3v) is 8.05. The molecule has 0 aromatic heterocycles. The number of amides is 5. The lowest BCUT2D eigenvalue weighted by Gasteiger charge is -2.41. The van der Waals surface area contributed by atoms with Crippen LogP contribution in [0.3, 0.4) is 0 Å². The van der Waals surface area contributed by atoms with Gasteiger partial charge < -0.3 is 15.1 Å². The van der Waals surface area contributed by atoms with Crippen LogP contribution in [-0.2, 0) is 14.4 Å². The Balaban J connectivity index is 1.19. The molecule has 4 heterocycles. The number of imide groups is 2. The number of benzene rings is 1. The lowest BCUT2D eigenvalue weighted by atomic mass is 9.95. The molecular weight excluding hydrogens is 462 g/mol. The SMILES string of the molecule is CC1CCN(C2CCN(C(=O)CNc3cccc4c3C(=O)N(C3CCC(=O)NC3=O)C4=O)CC2)CC1. The van der Waals surface area contributed by atoms with Crippen LogP contribution in [0.25, 0.3) is 0 Å². The minimum Gasteiger partial charge on any atom is -0.375 e. The molecule has 3 saturated heterocycles. The van der Waals surface area contributed by atoms with Gasteiger partial charge in [-0.05, 0) is 63.2 Å². The molecule has 1 unspecified atom stereocenters. The van der Waals surface area contributed by atoms with Crippen LogP contribution in [0, 0.1) is 5.92 Å². The summed E-state index contributed by atoms with van der Waals surface area (Å²) in [5.74, 6) is -1.45. The fourth-order valence-electron chi connectivity index (χ4n) is 5.82. The predicted octanol–water partition coefficient (Wildman–Crippen LogP) is 1.22. The summed E-state index contributed by atoms with van der Waals surface area (Å²) in [6, 6.07) is 4.37. The number of fused-ring (bicyclic) bond motifs is 1. The maximum Gasteiger partial charge on any atom is 0.264 e. The van der Waals surface area contributed by atoms with Crippen molar-refractivity contribution in [1.29, 1.82) is 0 Å². The molecule has 5 amide bonds. The first kappa shape index (κ1) is 24.4. The smallest absolute Gasteiger partial charge is 0.264 e. The van der Waals surface area contributed by atoms with E-state index in [4.69, 9.17) is 0 Å². The summed E-state index contributed by atoms with van der Waals surface area (Å²) in [5.41, 5.74) is 0.753. The molecule has 1 aromatic rings. The summed E-state index contributed by atoms with van der Waals surface area (Å²) >= 11 is 0. The van der Waals surface area contributed by atoms with Crippen LogP contribution >= 0.6 is 0 Å². The van der Waals surface area contributed by atoms with Crippen LogP contribution in [0.5, 0.6) is 0 Å². The summed E-state index contributed by atoms with van der Waals surface area (Å²) in [6.45, 7) is 6.04. The summed E-state index contributed by atoms with van der Waals surface area (Å²) < 4.78 is 0. The second-order valence-electron chi connectivity index (χ2n) is 10.4. The third kappa shape index (κ3) is 4.61. The highest BCUT2D eigenvalue weighted by atomic mass is 16.2. The lowest BCUT2D eigenvalue weighted by Crippen LogP contribution is -2.54. The Kier molecular flexibility index (Phi) is 6.79. The zero-order valence-corrected chi connectivity index (χ0v) is 20.6. The normalized spacial score (nSPS) is 24.2. The molecule has 4 aliphatic heterocycles. The van der Waals surface area contributed by atoms with Gasteiger partial charge >= 0.3 is 0 Å². The largest absolute Gasteiger partial charge is 0.375 e. The van der Waals surface area contributed by atoms with E-state index in [2.05, 4.69) is 22.5 Å². The Morgan fingerprint density at radius 2 is 1.69 bits per heavy atom. The molecule has 0 radical (unpaired) electrons. The zero-order valence-electron chi connectivity index (χ0n) is 20.6. The van der Waals surface area contributed by atoms with Gasteiger partial charge in [-0.3, -0.25) is 34.2 Å². The molecule has 1 atom stereocenters. The van der Waals surface area contributed by atoms with Crippen molar-refractivity contribution in [3.63, 3.8) is 0 Å². The number of piperidine rings is 3. The molecule has 10 heteroatoms. The Labute approximate surface area is 210 Å². The van der Waals surface area contributed by atoms with E-state index in [0.29, 0.717) is 24.8 Å². The van der Waals surface area contributed by atoms with E-state index >= 15 is 0 Å². The van der Waals surface area contributed by atoms with Gasteiger partial charge in [-0.15, -0.1) is 0 Å². The van der Waals surface area contributed by atoms with Gasteiger partial charge in [-0.2, -0.15) is 0 Å². The fourth-order valence-corrected chi connectivity index (χ4v) is 5.82. The number of hydrogen-bond donors (Lipinski definition) is 2. The average Bonchev–Trinajstić information content (AvgIpc) is 3.13. The van der Waals surface area contributed by atoms with Crippen molar-refractivity contribution in [3.8, 4) is 0 Å². The van der Waals surface area contributed by atoms with Gasteiger partial charge in [-0.1, -0.05) is 13.0 Å². The lowest BCUT2D eigenvalue weighted by molar-refractivity contribution is -0.136. The van der Waals surface area contributed by atoms with E-state index in [1.54, 1.807) is 18.2 Å². The molecule has 10 nitrogen and oxygen atoms in total. The number of likely N-dealkylation sites (tertiary alicyclic amines) is 2. The fraction of sp³-hybridized carbons (Fsp3) is 0.577. The Morgan fingerprint density at radius 1 is 0.972 bits per heavy atom. The summed E-state index contributed by atoms with van der Waals surface area (Å²) in [5, 5.41) is 5.26. The second kappa shape index (κ2) is 10.0. The minimum absolute atomic E-state index is 0.0161. The molecule has 0 bridgehead atoms. The molecule has 0 spiro atoms. The molecule has 36 heavy (non-hydrogen) atoms. The summed E-state index contributed by atoms with van der Waals surface area (Å²) in [6.07, 6.45) is 4.59. The standard InChI is InChI=1S/C26H33N5O5/c1-16-7-11-29(12-8-16)17-9-13-30(14-10-17)22(33)15-27-19-4-2-3-18-23(19)26(36)31(25(18)35)20-5-6-21(32)28-24(20)34/h2-4,16-17,20,27H,5-15H2,1H3,(H,28,32,34). The van der Waals surface area contributed by atoms with Gasteiger partial charge in [0.25, 0.3) is 11.8 Å². The number of anilines is 1. The van der Waals surface area contributed by atoms with Gasteiger partial charge in [0.2, 0.25) is 17.7 Å². The van der Waals surface area contributed by atoms with Crippen LogP contribution in [0.4, 0.5) is 5.69 Å². The van der Waals surface area contributed by atoms with Gasteiger partial charge in [0.1, 0.15) is 6.04 Å². The van der Waals surface area contributed by atoms with E-state index in [1.165, 1.54) is 12.8 Å². The molecule has 3 fully saturated rings.